The molecule has 3 aromatic rings. The molecule has 0 unspecified atom stereocenters. The van der Waals surface area contributed by atoms with Gasteiger partial charge >= 0.3 is 12.1 Å². The Kier molecular flexibility index (Phi) is 8.28. The average Bonchev–Trinajstić information content (AvgIpc) is 2.86. The highest BCUT2D eigenvalue weighted by atomic mass is 16.7. The summed E-state index contributed by atoms with van der Waals surface area (Å²) in [6, 6.07) is 19.9. The van der Waals surface area contributed by atoms with Crippen molar-refractivity contribution >= 4 is 23.6 Å². The zero-order valence-electron chi connectivity index (χ0n) is 17.7. The summed E-state index contributed by atoms with van der Waals surface area (Å²) in [6.45, 7) is -0.840. The summed E-state index contributed by atoms with van der Waals surface area (Å²) in [5, 5.41) is 10.6. The number of carbonyl (C=O) groups is 3. The minimum atomic E-state index is -0.970. The Morgan fingerprint density at radius 3 is 2.06 bits per heavy atom. The highest BCUT2D eigenvalue weighted by Crippen LogP contribution is 2.18. The third kappa shape index (κ3) is 7.45. The Morgan fingerprint density at radius 1 is 0.765 bits per heavy atom. The van der Waals surface area contributed by atoms with Crippen LogP contribution in [0.5, 0.6) is 11.5 Å². The molecule has 0 heterocycles. The van der Waals surface area contributed by atoms with Crippen molar-refractivity contribution in [3.8, 4) is 11.5 Å². The molecule has 0 aliphatic rings. The summed E-state index contributed by atoms with van der Waals surface area (Å²) in [7, 11) is 0. The number of hydrogen-bond donors (Lipinski definition) is 0. The van der Waals surface area contributed by atoms with Crippen LogP contribution in [0.4, 0.5) is 10.5 Å². The number of rotatable bonds is 10. The maximum Gasteiger partial charge on any atom is 0.514 e. The predicted octanol–water partition coefficient (Wildman–Crippen LogP) is 4.12. The van der Waals surface area contributed by atoms with Crippen molar-refractivity contribution in [3.05, 3.63) is 100 Å². The first-order valence-electron chi connectivity index (χ1n) is 9.95. The van der Waals surface area contributed by atoms with E-state index in [-0.39, 0.29) is 37.0 Å². The minimum absolute atomic E-state index is 0.0876. The molecular formula is C24H19NO9. The lowest BCUT2D eigenvalue weighted by Crippen LogP contribution is -2.19. The molecule has 0 spiro atoms. The van der Waals surface area contributed by atoms with Crippen molar-refractivity contribution in [1.29, 1.82) is 0 Å². The average molecular weight is 465 g/mol. The van der Waals surface area contributed by atoms with E-state index in [0.29, 0.717) is 16.9 Å². The summed E-state index contributed by atoms with van der Waals surface area (Å²) in [6.07, 6.45) is -0.970. The molecule has 3 rings (SSSR count). The molecule has 0 N–H and O–H groups in total. The zero-order chi connectivity index (χ0) is 24.3. The van der Waals surface area contributed by atoms with Gasteiger partial charge < -0.3 is 18.9 Å². The lowest BCUT2D eigenvalue weighted by atomic mass is 10.1. The minimum Gasteiger partial charge on any atom is -0.482 e. The highest BCUT2D eigenvalue weighted by molar-refractivity contribution is 5.97. The Labute approximate surface area is 193 Å². The molecule has 10 nitrogen and oxygen atoms in total. The number of Topliss-reactive ketones (excluding diaryl/α,β-unsaturated/α-hetero) is 1. The molecule has 0 aliphatic heterocycles. The molecule has 3 aromatic carbocycles. The van der Waals surface area contributed by atoms with Crippen LogP contribution in [0.3, 0.4) is 0 Å². The normalized spacial score (nSPS) is 10.1. The monoisotopic (exact) mass is 465 g/mol. The first-order valence-corrected chi connectivity index (χ1v) is 9.95. The van der Waals surface area contributed by atoms with Crippen LogP contribution in [0.1, 0.15) is 15.9 Å². The molecule has 174 valence electrons. The van der Waals surface area contributed by atoms with Crippen molar-refractivity contribution in [2.75, 3.05) is 13.2 Å². The first-order chi connectivity index (χ1) is 16.4. The fourth-order valence-corrected chi connectivity index (χ4v) is 2.62. The van der Waals surface area contributed by atoms with E-state index in [0.717, 1.165) is 0 Å². The topological polar surface area (TPSA) is 131 Å². The maximum atomic E-state index is 11.9. The molecule has 10 heteroatoms. The highest BCUT2D eigenvalue weighted by Gasteiger charge is 2.11. The second kappa shape index (κ2) is 11.8. The number of non-ortho nitro benzene ring substituents is 1. The number of nitro groups is 1. The van der Waals surface area contributed by atoms with Crippen molar-refractivity contribution < 1.29 is 38.3 Å². The Morgan fingerprint density at radius 2 is 1.41 bits per heavy atom. The van der Waals surface area contributed by atoms with Crippen LogP contribution in [-0.2, 0) is 20.9 Å². The van der Waals surface area contributed by atoms with Gasteiger partial charge in [-0.3, -0.25) is 14.9 Å². The number of ether oxygens (including phenoxy) is 4. The van der Waals surface area contributed by atoms with E-state index >= 15 is 0 Å². The number of nitro benzene ring substituents is 1. The molecule has 0 radical (unpaired) electrons. The van der Waals surface area contributed by atoms with Crippen LogP contribution in [0.25, 0.3) is 0 Å². The summed E-state index contributed by atoms with van der Waals surface area (Å²) in [5.41, 5.74) is 0.951. The van der Waals surface area contributed by atoms with Crippen LogP contribution in [-0.4, -0.2) is 36.0 Å². The quantitative estimate of drug-likeness (QED) is 0.143. The van der Waals surface area contributed by atoms with Crippen LogP contribution >= 0.6 is 0 Å². The lowest BCUT2D eigenvalue weighted by molar-refractivity contribution is -0.384. The standard InChI is InChI=1S/C24H19NO9/c26-22(18-4-2-1-3-5-18)15-32-23(27)16-31-20-10-6-17(7-11-20)14-33-24(28)34-21-12-8-19(9-13-21)25(29)30/h1-13H,14-16H2. The van der Waals surface area contributed by atoms with Gasteiger partial charge in [0.2, 0.25) is 0 Å². The summed E-state index contributed by atoms with van der Waals surface area (Å²) >= 11 is 0. The van der Waals surface area contributed by atoms with Gasteiger partial charge in [0.25, 0.3) is 5.69 Å². The van der Waals surface area contributed by atoms with Crippen LogP contribution in [0, 0.1) is 10.1 Å². The predicted molar refractivity (Wildman–Crippen MR) is 118 cm³/mol. The van der Waals surface area contributed by atoms with Crippen molar-refractivity contribution in [2.45, 2.75) is 6.61 Å². The molecule has 0 saturated heterocycles. The van der Waals surface area contributed by atoms with Gasteiger partial charge in [0, 0.05) is 17.7 Å². The number of carbonyl (C=O) groups excluding carboxylic acids is 3. The van der Waals surface area contributed by atoms with E-state index < -0.39 is 17.0 Å². The van der Waals surface area contributed by atoms with E-state index in [1.165, 1.54) is 24.3 Å². The first kappa shape index (κ1) is 23.9. The second-order valence-corrected chi connectivity index (χ2v) is 6.77. The van der Waals surface area contributed by atoms with Crippen molar-refractivity contribution in [1.82, 2.24) is 0 Å². The SMILES string of the molecule is O=C(COc1ccc(COC(=O)Oc2ccc([N+](=O)[O-])cc2)cc1)OCC(=O)c1ccccc1. The molecule has 0 bridgehead atoms. The maximum absolute atomic E-state index is 11.9. The van der Waals surface area contributed by atoms with Crippen molar-refractivity contribution in [2.24, 2.45) is 0 Å². The summed E-state index contributed by atoms with van der Waals surface area (Å²) in [5.74, 6) is -0.517. The molecule has 0 atom stereocenters. The van der Waals surface area contributed by atoms with Crippen LogP contribution in [0.15, 0.2) is 78.9 Å². The van der Waals surface area contributed by atoms with Gasteiger partial charge in [0.1, 0.15) is 18.1 Å². The number of esters is 1. The lowest BCUT2D eigenvalue weighted by Gasteiger charge is -2.08. The molecule has 0 fully saturated rings. The van der Waals surface area contributed by atoms with Gasteiger partial charge in [-0.2, -0.15) is 0 Å². The smallest absolute Gasteiger partial charge is 0.482 e. The van der Waals surface area contributed by atoms with Gasteiger partial charge in [-0.1, -0.05) is 42.5 Å². The molecule has 0 saturated carbocycles. The molecular weight excluding hydrogens is 446 g/mol. The van der Waals surface area contributed by atoms with Crippen LogP contribution in [0.2, 0.25) is 0 Å². The third-order valence-electron chi connectivity index (χ3n) is 4.35. The van der Waals surface area contributed by atoms with Gasteiger partial charge in [-0.25, -0.2) is 9.59 Å². The molecule has 0 aliphatic carbocycles. The molecule has 0 aromatic heterocycles. The second-order valence-electron chi connectivity index (χ2n) is 6.77. The van der Waals surface area contributed by atoms with Gasteiger partial charge in [-0.15, -0.1) is 0 Å². The van der Waals surface area contributed by atoms with Gasteiger partial charge in [0.15, 0.2) is 19.0 Å². The Hall–Kier alpha value is -4.73. The largest absolute Gasteiger partial charge is 0.514 e. The van der Waals surface area contributed by atoms with E-state index in [4.69, 9.17) is 18.9 Å². The summed E-state index contributed by atoms with van der Waals surface area (Å²) < 4.78 is 20.2. The zero-order valence-corrected chi connectivity index (χ0v) is 17.7. The van der Waals surface area contributed by atoms with Crippen molar-refractivity contribution in [3.63, 3.8) is 0 Å². The fourth-order valence-electron chi connectivity index (χ4n) is 2.62. The van der Waals surface area contributed by atoms with E-state index in [9.17, 15) is 24.5 Å². The third-order valence-corrected chi connectivity index (χ3v) is 4.35. The van der Waals surface area contributed by atoms with E-state index in [2.05, 4.69) is 0 Å². The van der Waals surface area contributed by atoms with Gasteiger partial charge in [0.05, 0.1) is 4.92 Å². The number of hydrogen-bond acceptors (Lipinski definition) is 9. The molecule has 0 amide bonds. The van der Waals surface area contributed by atoms with E-state index in [1.807, 2.05) is 0 Å². The number of benzene rings is 3. The van der Waals surface area contributed by atoms with Crippen LogP contribution < -0.4 is 9.47 Å². The number of nitrogens with zero attached hydrogens (tertiary/aromatic N) is 1. The fraction of sp³-hybridized carbons (Fsp3) is 0.125. The summed E-state index contributed by atoms with van der Waals surface area (Å²) in [4.78, 5) is 45.5. The Bertz CT molecular complexity index is 1140. The Balaban J connectivity index is 1.37. The van der Waals surface area contributed by atoms with Gasteiger partial charge in [-0.05, 0) is 29.8 Å². The van der Waals surface area contributed by atoms with E-state index in [1.54, 1.807) is 54.6 Å². The molecule has 34 heavy (non-hydrogen) atoms. The number of ketones is 1.